The number of aliphatic imine (C=N–C) groups is 1. The van der Waals surface area contributed by atoms with E-state index >= 15 is 0 Å². The Morgan fingerprint density at radius 2 is 1.74 bits per heavy atom. The van der Waals surface area contributed by atoms with Gasteiger partial charge >= 0.3 is 0 Å². The number of aryl methyl sites for hydroxylation is 2. The minimum Gasteiger partial charge on any atom is -0.490 e. The van der Waals surface area contributed by atoms with Crippen LogP contribution in [0.3, 0.4) is 0 Å². The predicted molar refractivity (Wildman–Crippen MR) is 129 cm³/mol. The minimum atomic E-state index is -0.493. The van der Waals surface area contributed by atoms with Crippen LogP contribution >= 0.6 is 0 Å². The third-order valence-corrected chi connectivity index (χ3v) is 5.06. The second-order valence-corrected chi connectivity index (χ2v) is 7.98. The number of amides is 1. The summed E-state index contributed by atoms with van der Waals surface area (Å²) in [5, 5.41) is 9.59. The number of hydrogen-bond donors (Lipinski definition) is 1. The quantitative estimate of drug-likeness (QED) is 0.456. The molecule has 0 atom stereocenters. The van der Waals surface area contributed by atoms with E-state index in [0.29, 0.717) is 48.5 Å². The number of nitrogens with zero attached hydrogens (tertiary/aromatic N) is 2. The van der Waals surface area contributed by atoms with Crippen molar-refractivity contribution in [3.63, 3.8) is 0 Å². The lowest BCUT2D eigenvalue weighted by Gasteiger charge is -2.23. The highest BCUT2D eigenvalue weighted by Crippen LogP contribution is 2.31. The van der Waals surface area contributed by atoms with Crippen LogP contribution in [0.25, 0.3) is 6.08 Å². The fraction of sp³-hybridized carbons (Fsp3) is 0.269. The molecule has 0 fully saturated rings. The maximum Gasteiger partial charge on any atom is 0.282 e. The van der Waals surface area contributed by atoms with E-state index in [0.717, 1.165) is 16.9 Å². The largest absolute Gasteiger partial charge is 0.490 e. The molecule has 1 N–H and O–H groups in total. The molecule has 0 radical (unpaired) electrons. The molecule has 0 spiro atoms. The summed E-state index contributed by atoms with van der Waals surface area (Å²) in [5.41, 5.74) is 3.10. The Labute approximate surface area is 198 Å². The number of fused-ring (bicyclic) bond motifs is 1. The molecule has 0 bridgehead atoms. The number of carbonyl (C=O) groups is 1. The Morgan fingerprint density at radius 3 is 2.47 bits per heavy atom. The summed E-state index contributed by atoms with van der Waals surface area (Å²) < 4.78 is 17.4. The van der Waals surface area contributed by atoms with Crippen molar-refractivity contribution in [2.45, 2.75) is 27.7 Å². The van der Waals surface area contributed by atoms with Gasteiger partial charge in [0, 0.05) is 6.08 Å². The van der Waals surface area contributed by atoms with Gasteiger partial charge in [0.05, 0.1) is 12.2 Å². The molecule has 176 valence electrons. The molecule has 1 amide bonds. The van der Waals surface area contributed by atoms with Crippen molar-refractivity contribution < 1.29 is 23.8 Å². The van der Waals surface area contributed by atoms with Gasteiger partial charge in [-0.1, -0.05) is 12.1 Å². The zero-order valence-electron chi connectivity index (χ0n) is 19.7. The third kappa shape index (κ3) is 5.11. The number of benzene rings is 2. The Bertz CT molecular complexity index is 1210. The Kier molecular flexibility index (Phi) is 6.67. The van der Waals surface area contributed by atoms with Gasteiger partial charge in [0.25, 0.3) is 5.91 Å². The van der Waals surface area contributed by atoms with E-state index in [1.54, 1.807) is 37.3 Å². The number of hydroxylamine groups is 2. The lowest BCUT2D eigenvalue weighted by molar-refractivity contribution is -0.114. The molecule has 2 aliphatic rings. The van der Waals surface area contributed by atoms with Crippen LogP contribution in [-0.2, 0) is 9.63 Å². The van der Waals surface area contributed by atoms with Crippen molar-refractivity contribution in [3.8, 4) is 17.2 Å². The summed E-state index contributed by atoms with van der Waals surface area (Å²) in [6.45, 7) is 8.86. The van der Waals surface area contributed by atoms with Crippen LogP contribution in [0.4, 0.5) is 0 Å². The van der Waals surface area contributed by atoms with E-state index in [9.17, 15) is 4.79 Å². The zero-order chi connectivity index (χ0) is 24.2. The molecular weight excluding hydrogens is 434 g/mol. The van der Waals surface area contributed by atoms with Gasteiger partial charge in [-0.3, -0.25) is 10.2 Å². The molecule has 0 saturated heterocycles. The van der Waals surface area contributed by atoms with Crippen molar-refractivity contribution in [1.29, 1.82) is 5.41 Å². The topological polar surface area (TPSA) is 93.4 Å². The lowest BCUT2D eigenvalue weighted by atomic mass is 10.1. The van der Waals surface area contributed by atoms with Gasteiger partial charge in [0.15, 0.2) is 23.2 Å². The van der Waals surface area contributed by atoms with Gasteiger partial charge < -0.3 is 19.0 Å². The van der Waals surface area contributed by atoms with Crippen LogP contribution in [0.2, 0.25) is 0 Å². The molecule has 2 aromatic carbocycles. The van der Waals surface area contributed by atoms with Gasteiger partial charge in [-0.25, -0.2) is 0 Å². The van der Waals surface area contributed by atoms with Crippen LogP contribution in [0, 0.1) is 19.3 Å². The average Bonchev–Trinajstić information content (AvgIpc) is 3.15. The number of hydrogen-bond acceptors (Lipinski definition) is 6. The maximum absolute atomic E-state index is 12.5. The number of nitrogens with one attached hydrogen (secondary N) is 1. The molecule has 0 aliphatic carbocycles. The molecule has 4 rings (SSSR count). The molecule has 2 aromatic rings. The Hall–Kier alpha value is -4.07. The minimum absolute atomic E-state index is 0.0649. The Morgan fingerprint density at radius 1 is 1.00 bits per heavy atom. The summed E-state index contributed by atoms with van der Waals surface area (Å²) >= 11 is 0. The van der Waals surface area contributed by atoms with Crippen molar-refractivity contribution in [2.24, 2.45) is 4.99 Å². The molecule has 0 saturated carbocycles. The van der Waals surface area contributed by atoms with Crippen molar-refractivity contribution in [3.05, 3.63) is 70.5 Å². The second-order valence-electron chi connectivity index (χ2n) is 7.98. The fourth-order valence-corrected chi connectivity index (χ4v) is 3.70. The van der Waals surface area contributed by atoms with Gasteiger partial charge in [0.2, 0.25) is 0 Å². The number of carbonyl (C=O) groups excluding carboxylic acids is 1. The van der Waals surface area contributed by atoms with Gasteiger partial charge in [0.1, 0.15) is 24.7 Å². The standard InChI is InChI=1S/C26H27N3O5/c1-5-31-23-15-19(14-21-25(27)29-24(28-26(21)30)13-18(4)34-29)6-7-22(23)33-9-8-32-20-11-16(2)10-17(3)12-20/h6-7,10-15,27H,5,8-9H2,1-4H3/b21-14+,27-25?. The first-order valence-electron chi connectivity index (χ1n) is 11.0. The highest BCUT2D eigenvalue weighted by Gasteiger charge is 2.34. The second kappa shape index (κ2) is 9.82. The predicted octanol–water partition coefficient (Wildman–Crippen LogP) is 4.61. The molecule has 0 aromatic heterocycles. The summed E-state index contributed by atoms with van der Waals surface area (Å²) in [5.74, 6) is 2.24. The van der Waals surface area contributed by atoms with Crippen LogP contribution in [0.15, 0.2) is 58.8 Å². The summed E-state index contributed by atoms with van der Waals surface area (Å²) in [6.07, 6.45) is 3.21. The number of allylic oxidation sites excluding steroid dienone is 1. The van der Waals surface area contributed by atoms with Crippen LogP contribution in [-0.4, -0.2) is 42.5 Å². The normalized spacial score (nSPS) is 16.1. The van der Waals surface area contributed by atoms with E-state index in [4.69, 9.17) is 24.5 Å². The smallest absolute Gasteiger partial charge is 0.282 e. The van der Waals surface area contributed by atoms with E-state index < -0.39 is 5.91 Å². The first-order chi connectivity index (χ1) is 16.3. The number of ether oxygens (including phenoxy) is 3. The van der Waals surface area contributed by atoms with E-state index in [2.05, 4.69) is 11.1 Å². The molecular formula is C26H27N3O5. The zero-order valence-corrected chi connectivity index (χ0v) is 19.7. The Balaban J connectivity index is 1.45. The summed E-state index contributed by atoms with van der Waals surface area (Å²) in [4.78, 5) is 22.0. The summed E-state index contributed by atoms with van der Waals surface area (Å²) in [7, 11) is 0. The molecule has 2 aliphatic heterocycles. The number of amidine groups is 2. The average molecular weight is 462 g/mol. The fourth-order valence-electron chi connectivity index (χ4n) is 3.70. The van der Waals surface area contributed by atoms with Gasteiger partial charge in [-0.05, 0) is 74.7 Å². The summed E-state index contributed by atoms with van der Waals surface area (Å²) in [6, 6.07) is 11.4. The van der Waals surface area contributed by atoms with Gasteiger partial charge in [-0.15, -0.1) is 5.06 Å². The van der Waals surface area contributed by atoms with E-state index in [1.165, 1.54) is 5.06 Å². The molecule has 2 heterocycles. The first kappa shape index (κ1) is 23.1. The van der Waals surface area contributed by atoms with E-state index in [1.807, 2.05) is 32.9 Å². The maximum atomic E-state index is 12.5. The molecule has 0 unspecified atom stereocenters. The third-order valence-electron chi connectivity index (χ3n) is 5.06. The number of rotatable bonds is 8. The highest BCUT2D eigenvalue weighted by molar-refractivity contribution is 6.32. The molecule has 8 heteroatoms. The van der Waals surface area contributed by atoms with Crippen molar-refractivity contribution in [1.82, 2.24) is 5.06 Å². The highest BCUT2D eigenvalue weighted by atomic mass is 16.7. The monoisotopic (exact) mass is 461 g/mol. The van der Waals surface area contributed by atoms with Crippen LogP contribution < -0.4 is 14.2 Å². The van der Waals surface area contributed by atoms with Crippen molar-refractivity contribution in [2.75, 3.05) is 19.8 Å². The van der Waals surface area contributed by atoms with Gasteiger partial charge in [-0.2, -0.15) is 4.99 Å². The lowest BCUT2D eigenvalue weighted by Crippen LogP contribution is -2.38. The van der Waals surface area contributed by atoms with Crippen molar-refractivity contribution >= 4 is 23.7 Å². The molecule has 34 heavy (non-hydrogen) atoms. The van der Waals surface area contributed by atoms with Crippen LogP contribution in [0.5, 0.6) is 17.2 Å². The first-order valence-corrected chi connectivity index (χ1v) is 11.0. The van der Waals surface area contributed by atoms with E-state index in [-0.39, 0.29) is 11.4 Å². The van der Waals surface area contributed by atoms with Crippen LogP contribution in [0.1, 0.15) is 30.5 Å². The molecule has 8 nitrogen and oxygen atoms in total. The SMILES string of the molecule is CCOc1cc(/C=C2\C(=N)N3OC(C)=CC3=NC2=O)ccc1OCCOc1cc(C)cc(C)c1.